The molecular weight excluding hydrogens is 415 g/mol. The Morgan fingerprint density at radius 2 is 0.727 bits per heavy atom. The summed E-state index contributed by atoms with van der Waals surface area (Å²) in [5, 5.41) is 4.16. The molecule has 160 valence electrons. The second-order valence-electron chi connectivity index (χ2n) is 8.34. The van der Waals surface area contributed by atoms with Crippen LogP contribution < -0.4 is 15.9 Å². The molecule has 0 heterocycles. The van der Waals surface area contributed by atoms with Crippen LogP contribution in [-0.2, 0) is 0 Å². The van der Waals surface area contributed by atoms with Crippen LogP contribution in [0.15, 0.2) is 127 Å². The molecule has 0 saturated heterocycles. The molecule has 33 heavy (non-hydrogen) atoms. The monoisotopic (exact) mass is 442 g/mol. The molecule has 0 bridgehead atoms. The molecule has 0 aromatic heterocycles. The highest BCUT2D eigenvalue weighted by atomic mass is 31.1. The lowest BCUT2D eigenvalue weighted by molar-refractivity contribution is 1.45. The van der Waals surface area contributed by atoms with Crippen LogP contribution in [0.25, 0.3) is 22.3 Å². The Morgan fingerprint density at radius 1 is 0.364 bits per heavy atom. The lowest BCUT2D eigenvalue weighted by Crippen LogP contribution is -2.24. The minimum Gasteiger partial charge on any atom is -0.0622 e. The topological polar surface area (TPSA) is 0 Å². The second-order valence-corrected chi connectivity index (χ2v) is 10.5. The summed E-state index contributed by atoms with van der Waals surface area (Å²) in [6, 6.07) is 46.4. The maximum absolute atomic E-state index is 2.31. The average Bonchev–Trinajstić information content (AvgIpc) is 2.86. The van der Waals surface area contributed by atoms with Crippen LogP contribution in [0.5, 0.6) is 0 Å². The summed E-state index contributed by atoms with van der Waals surface area (Å²) in [7, 11) is -0.760. The van der Waals surface area contributed by atoms with Crippen LogP contribution in [0.3, 0.4) is 0 Å². The first-order valence-electron chi connectivity index (χ1n) is 11.4. The zero-order valence-corrected chi connectivity index (χ0v) is 20.0. The van der Waals surface area contributed by atoms with Gasteiger partial charge in [-0.15, -0.1) is 0 Å². The van der Waals surface area contributed by atoms with E-state index in [1.807, 2.05) is 0 Å². The Balaban J connectivity index is 1.89. The van der Waals surface area contributed by atoms with Gasteiger partial charge >= 0.3 is 0 Å². The van der Waals surface area contributed by atoms with E-state index >= 15 is 0 Å². The minimum atomic E-state index is -0.760. The van der Waals surface area contributed by atoms with Gasteiger partial charge in [0, 0.05) is 5.30 Å². The van der Waals surface area contributed by atoms with Gasteiger partial charge in [-0.1, -0.05) is 127 Å². The Morgan fingerprint density at radius 3 is 1.15 bits per heavy atom. The normalized spacial score (nSPS) is 11.0. The summed E-state index contributed by atoms with van der Waals surface area (Å²) >= 11 is 0. The maximum Gasteiger partial charge on any atom is 0.000614 e. The molecule has 5 aromatic rings. The van der Waals surface area contributed by atoms with Crippen molar-refractivity contribution in [1.82, 2.24) is 0 Å². The second kappa shape index (κ2) is 9.57. The standard InChI is InChI=1S/C32H27P/c1-24-14-9-11-20-28(24)30-22-13-23-31(29-21-12-10-15-25(29)2)32(30)33(26-16-5-3-6-17-26)27-18-7-4-8-19-27/h3-23H,1-2H3. The Bertz CT molecular complexity index is 1270. The van der Waals surface area contributed by atoms with Gasteiger partial charge in [0.15, 0.2) is 0 Å². The van der Waals surface area contributed by atoms with Gasteiger partial charge in [0.25, 0.3) is 0 Å². The Labute approximate surface area is 198 Å². The first-order valence-corrected chi connectivity index (χ1v) is 12.7. The Hall–Kier alpha value is -3.47. The van der Waals surface area contributed by atoms with E-state index in [0.29, 0.717) is 0 Å². The van der Waals surface area contributed by atoms with E-state index in [2.05, 4.69) is 141 Å². The summed E-state index contributed by atoms with van der Waals surface area (Å²) in [4.78, 5) is 0. The van der Waals surface area contributed by atoms with Crippen molar-refractivity contribution in [2.45, 2.75) is 13.8 Å². The molecule has 0 radical (unpaired) electrons. The molecule has 0 aliphatic rings. The van der Waals surface area contributed by atoms with Gasteiger partial charge in [-0.25, -0.2) is 0 Å². The molecule has 0 fully saturated rings. The quantitative estimate of drug-likeness (QED) is 0.249. The summed E-state index contributed by atoms with van der Waals surface area (Å²) in [6.07, 6.45) is 0. The molecule has 0 aliphatic carbocycles. The van der Waals surface area contributed by atoms with Crippen LogP contribution in [0.2, 0.25) is 0 Å². The lowest BCUT2D eigenvalue weighted by atomic mass is 9.94. The third kappa shape index (κ3) is 4.28. The number of benzene rings is 5. The van der Waals surface area contributed by atoms with E-state index in [1.165, 1.54) is 49.3 Å². The van der Waals surface area contributed by atoms with Gasteiger partial charge in [0.05, 0.1) is 0 Å². The van der Waals surface area contributed by atoms with Gasteiger partial charge in [0.2, 0.25) is 0 Å². The highest BCUT2D eigenvalue weighted by Crippen LogP contribution is 2.42. The van der Waals surface area contributed by atoms with Crippen LogP contribution in [0.1, 0.15) is 11.1 Å². The summed E-state index contributed by atoms with van der Waals surface area (Å²) in [6.45, 7) is 4.43. The van der Waals surface area contributed by atoms with Crippen molar-refractivity contribution >= 4 is 23.8 Å². The lowest BCUT2D eigenvalue weighted by Gasteiger charge is -2.26. The van der Waals surface area contributed by atoms with Crippen LogP contribution in [-0.4, -0.2) is 0 Å². The largest absolute Gasteiger partial charge is 0.0622 e. The highest BCUT2D eigenvalue weighted by Gasteiger charge is 2.25. The highest BCUT2D eigenvalue weighted by molar-refractivity contribution is 7.80. The maximum atomic E-state index is 2.31. The summed E-state index contributed by atoms with van der Waals surface area (Å²) in [5.74, 6) is 0. The zero-order chi connectivity index (χ0) is 22.6. The van der Waals surface area contributed by atoms with Crippen molar-refractivity contribution in [3.8, 4) is 22.3 Å². The molecule has 0 spiro atoms. The third-order valence-electron chi connectivity index (χ3n) is 6.16. The van der Waals surface area contributed by atoms with E-state index in [1.54, 1.807) is 0 Å². The van der Waals surface area contributed by atoms with Gasteiger partial charge < -0.3 is 0 Å². The number of aryl methyl sites for hydroxylation is 2. The molecular formula is C32H27P. The Kier molecular flexibility index (Phi) is 6.20. The van der Waals surface area contributed by atoms with Gasteiger partial charge in [-0.2, -0.15) is 0 Å². The smallest absolute Gasteiger partial charge is 0.000614 e. The SMILES string of the molecule is Cc1ccccc1-c1cccc(-c2ccccc2C)c1P(c1ccccc1)c1ccccc1. The molecule has 1 heteroatoms. The van der Waals surface area contributed by atoms with Crippen molar-refractivity contribution in [1.29, 1.82) is 0 Å². The molecule has 0 unspecified atom stereocenters. The van der Waals surface area contributed by atoms with Crippen LogP contribution in [0.4, 0.5) is 0 Å². The van der Waals surface area contributed by atoms with Crippen molar-refractivity contribution in [2.75, 3.05) is 0 Å². The molecule has 5 rings (SSSR count). The molecule has 5 aromatic carbocycles. The zero-order valence-electron chi connectivity index (χ0n) is 19.1. The summed E-state index contributed by atoms with van der Waals surface area (Å²) in [5.41, 5.74) is 7.87. The fourth-order valence-corrected chi connectivity index (χ4v) is 7.16. The predicted octanol–water partition coefficient (Wildman–Crippen LogP) is 7.40. The third-order valence-corrected chi connectivity index (χ3v) is 8.72. The van der Waals surface area contributed by atoms with Gasteiger partial charge in [-0.05, 0) is 65.8 Å². The van der Waals surface area contributed by atoms with Crippen molar-refractivity contribution in [3.05, 3.63) is 139 Å². The van der Waals surface area contributed by atoms with Crippen LogP contribution in [0, 0.1) is 13.8 Å². The first kappa shape index (κ1) is 21.4. The van der Waals surface area contributed by atoms with Gasteiger partial charge in [0.1, 0.15) is 0 Å². The molecule has 0 N–H and O–H groups in total. The van der Waals surface area contributed by atoms with E-state index in [0.717, 1.165) is 0 Å². The van der Waals surface area contributed by atoms with Crippen molar-refractivity contribution in [3.63, 3.8) is 0 Å². The molecule has 0 atom stereocenters. The van der Waals surface area contributed by atoms with E-state index in [9.17, 15) is 0 Å². The number of hydrogen-bond donors (Lipinski definition) is 0. The number of hydrogen-bond acceptors (Lipinski definition) is 0. The minimum absolute atomic E-state index is 0.760. The fourth-order valence-electron chi connectivity index (χ4n) is 4.53. The van der Waals surface area contributed by atoms with Crippen molar-refractivity contribution < 1.29 is 0 Å². The molecule has 0 saturated carbocycles. The van der Waals surface area contributed by atoms with Crippen molar-refractivity contribution in [2.24, 2.45) is 0 Å². The van der Waals surface area contributed by atoms with E-state index < -0.39 is 7.92 Å². The summed E-state index contributed by atoms with van der Waals surface area (Å²) < 4.78 is 0. The fraction of sp³-hybridized carbons (Fsp3) is 0.0625. The van der Waals surface area contributed by atoms with Crippen LogP contribution >= 0.6 is 7.92 Å². The predicted molar refractivity (Wildman–Crippen MR) is 145 cm³/mol. The molecule has 0 aliphatic heterocycles. The molecule has 0 nitrogen and oxygen atoms in total. The van der Waals surface area contributed by atoms with E-state index in [-0.39, 0.29) is 0 Å². The first-order chi connectivity index (χ1) is 16.2. The van der Waals surface area contributed by atoms with Gasteiger partial charge in [-0.3, -0.25) is 0 Å². The number of rotatable bonds is 5. The van der Waals surface area contributed by atoms with E-state index in [4.69, 9.17) is 0 Å². The average molecular weight is 443 g/mol. The molecule has 0 amide bonds.